The SMILES string of the molecule is COc1ccc2ccnc(NC(C)CC(N)=O)c2c1. The van der Waals surface area contributed by atoms with Crippen molar-refractivity contribution in [1.82, 2.24) is 4.98 Å². The van der Waals surface area contributed by atoms with Gasteiger partial charge in [0.2, 0.25) is 5.91 Å². The molecular weight excluding hydrogens is 242 g/mol. The van der Waals surface area contributed by atoms with E-state index in [2.05, 4.69) is 10.3 Å². The third kappa shape index (κ3) is 3.13. The summed E-state index contributed by atoms with van der Waals surface area (Å²) in [7, 11) is 1.63. The molecule has 1 unspecified atom stereocenters. The minimum absolute atomic E-state index is 0.0678. The zero-order valence-electron chi connectivity index (χ0n) is 11.0. The number of hydrogen-bond donors (Lipinski definition) is 2. The summed E-state index contributed by atoms with van der Waals surface area (Å²) in [6.45, 7) is 1.89. The van der Waals surface area contributed by atoms with Crippen molar-refractivity contribution < 1.29 is 9.53 Å². The second kappa shape index (κ2) is 5.56. The first-order valence-electron chi connectivity index (χ1n) is 6.07. The number of fused-ring (bicyclic) bond motifs is 1. The molecule has 19 heavy (non-hydrogen) atoms. The highest BCUT2D eigenvalue weighted by molar-refractivity contribution is 5.93. The lowest BCUT2D eigenvalue weighted by atomic mass is 10.1. The van der Waals surface area contributed by atoms with Gasteiger partial charge in [-0.05, 0) is 30.5 Å². The highest BCUT2D eigenvalue weighted by Gasteiger charge is 2.09. The summed E-state index contributed by atoms with van der Waals surface area (Å²) >= 11 is 0. The lowest BCUT2D eigenvalue weighted by molar-refractivity contribution is -0.118. The molecule has 0 aliphatic rings. The van der Waals surface area contributed by atoms with Gasteiger partial charge in [0.15, 0.2) is 0 Å². The second-order valence-corrected chi connectivity index (χ2v) is 4.46. The summed E-state index contributed by atoms with van der Waals surface area (Å²) < 4.78 is 5.22. The molecule has 5 nitrogen and oxygen atoms in total. The van der Waals surface area contributed by atoms with Gasteiger partial charge in [0, 0.05) is 24.0 Å². The molecule has 1 aromatic heterocycles. The highest BCUT2D eigenvalue weighted by Crippen LogP contribution is 2.26. The van der Waals surface area contributed by atoms with Crippen LogP contribution >= 0.6 is 0 Å². The minimum atomic E-state index is -0.335. The number of hydrogen-bond acceptors (Lipinski definition) is 4. The molecule has 2 aromatic rings. The Balaban J connectivity index is 2.34. The monoisotopic (exact) mass is 259 g/mol. The third-order valence-electron chi connectivity index (χ3n) is 2.86. The zero-order valence-corrected chi connectivity index (χ0v) is 11.0. The molecule has 0 saturated heterocycles. The Morgan fingerprint density at radius 1 is 1.47 bits per heavy atom. The first kappa shape index (κ1) is 13.1. The van der Waals surface area contributed by atoms with Gasteiger partial charge >= 0.3 is 0 Å². The van der Waals surface area contributed by atoms with Gasteiger partial charge in [0.25, 0.3) is 0 Å². The number of pyridine rings is 1. The number of amides is 1. The second-order valence-electron chi connectivity index (χ2n) is 4.46. The molecule has 0 spiro atoms. The van der Waals surface area contributed by atoms with Gasteiger partial charge in [0.1, 0.15) is 11.6 Å². The molecule has 0 aliphatic carbocycles. The Labute approximate surface area is 111 Å². The lowest BCUT2D eigenvalue weighted by Crippen LogP contribution is -2.24. The van der Waals surface area contributed by atoms with E-state index in [9.17, 15) is 4.79 Å². The van der Waals surface area contributed by atoms with E-state index in [-0.39, 0.29) is 18.4 Å². The van der Waals surface area contributed by atoms with E-state index < -0.39 is 0 Å². The van der Waals surface area contributed by atoms with Crippen LogP contribution in [-0.4, -0.2) is 24.0 Å². The quantitative estimate of drug-likeness (QED) is 0.860. The van der Waals surface area contributed by atoms with Gasteiger partial charge < -0.3 is 15.8 Å². The summed E-state index contributed by atoms with van der Waals surface area (Å²) in [4.78, 5) is 15.2. The van der Waals surface area contributed by atoms with Crippen molar-refractivity contribution >= 4 is 22.5 Å². The summed E-state index contributed by atoms with van der Waals surface area (Å²) in [5.41, 5.74) is 5.19. The molecule has 1 aromatic carbocycles. The van der Waals surface area contributed by atoms with Crippen molar-refractivity contribution in [3.05, 3.63) is 30.5 Å². The topological polar surface area (TPSA) is 77.2 Å². The summed E-state index contributed by atoms with van der Waals surface area (Å²) in [6, 6.07) is 7.65. The number of nitrogens with two attached hydrogens (primary N) is 1. The van der Waals surface area contributed by atoms with Gasteiger partial charge in [0.05, 0.1) is 7.11 Å². The van der Waals surface area contributed by atoms with Gasteiger partial charge in [-0.2, -0.15) is 0 Å². The standard InChI is InChI=1S/C14H17N3O2/c1-9(7-13(15)18)17-14-12-8-11(19-2)4-3-10(12)5-6-16-14/h3-6,8-9H,7H2,1-2H3,(H2,15,18)(H,16,17). The summed E-state index contributed by atoms with van der Waals surface area (Å²) in [5.74, 6) is 1.16. The van der Waals surface area contributed by atoms with Crippen LogP contribution in [0, 0.1) is 0 Å². The third-order valence-corrected chi connectivity index (χ3v) is 2.86. The number of primary amides is 1. The smallest absolute Gasteiger partial charge is 0.219 e. The summed E-state index contributed by atoms with van der Waals surface area (Å²) in [6.07, 6.45) is 2.00. The van der Waals surface area contributed by atoms with Crippen molar-refractivity contribution in [2.45, 2.75) is 19.4 Å². The van der Waals surface area contributed by atoms with E-state index in [1.54, 1.807) is 13.3 Å². The Bertz CT molecular complexity index is 598. The molecular formula is C14H17N3O2. The van der Waals surface area contributed by atoms with E-state index in [1.165, 1.54) is 0 Å². The fourth-order valence-corrected chi connectivity index (χ4v) is 1.98. The van der Waals surface area contributed by atoms with E-state index in [0.29, 0.717) is 0 Å². The number of nitrogens with one attached hydrogen (secondary N) is 1. The van der Waals surface area contributed by atoms with Crippen LogP contribution in [0.3, 0.4) is 0 Å². The van der Waals surface area contributed by atoms with Crippen LogP contribution in [0.15, 0.2) is 30.5 Å². The fraction of sp³-hybridized carbons (Fsp3) is 0.286. The van der Waals surface area contributed by atoms with Gasteiger partial charge in [-0.1, -0.05) is 6.07 Å². The molecule has 100 valence electrons. The Morgan fingerprint density at radius 3 is 2.95 bits per heavy atom. The molecule has 0 bridgehead atoms. The number of methoxy groups -OCH3 is 1. The maximum absolute atomic E-state index is 10.9. The minimum Gasteiger partial charge on any atom is -0.497 e. The number of nitrogens with zero attached hydrogens (tertiary/aromatic N) is 1. The number of carbonyl (C=O) groups is 1. The van der Waals surface area contributed by atoms with Crippen molar-refractivity contribution in [3.8, 4) is 5.75 Å². The van der Waals surface area contributed by atoms with E-state index in [0.717, 1.165) is 22.3 Å². The lowest BCUT2D eigenvalue weighted by Gasteiger charge is -2.14. The van der Waals surface area contributed by atoms with Gasteiger partial charge in [-0.15, -0.1) is 0 Å². The Hall–Kier alpha value is -2.30. The predicted molar refractivity (Wildman–Crippen MR) is 75.2 cm³/mol. The number of anilines is 1. The van der Waals surface area contributed by atoms with Gasteiger partial charge in [-0.3, -0.25) is 4.79 Å². The van der Waals surface area contributed by atoms with Crippen molar-refractivity contribution in [2.75, 3.05) is 12.4 Å². The van der Waals surface area contributed by atoms with Crippen molar-refractivity contribution in [2.24, 2.45) is 5.73 Å². The Kier molecular flexibility index (Phi) is 3.85. The molecule has 1 atom stereocenters. The molecule has 2 rings (SSSR count). The maximum Gasteiger partial charge on any atom is 0.219 e. The molecule has 0 radical (unpaired) electrons. The van der Waals surface area contributed by atoms with Crippen LogP contribution in [0.1, 0.15) is 13.3 Å². The molecule has 0 fully saturated rings. The molecule has 0 aliphatic heterocycles. The van der Waals surface area contributed by atoms with Crippen molar-refractivity contribution in [3.63, 3.8) is 0 Å². The molecule has 1 amide bonds. The van der Waals surface area contributed by atoms with Crippen molar-refractivity contribution in [1.29, 1.82) is 0 Å². The fourth-order valence-electron chi connectivity index (χ4n) is 1.98. The molecule has 5 heteroatoms. The number of carbonyl (C=O) groups excluding carboxylic acids is 1. The van der Waals surface area contributed by atoms with Gasteiger partial charge in [-0.25, -0.2) is 4.98 Å². The van der Waals surface area contributed by atoms with E-state index in [4.69, 9.17) is 10.5 Å². The van der Waals surface area contributed by atoms with E-state index in [1.807, 2.05) is 31.2 Å². The average molecular weight is 259 g/mol. The van der Waals surface area contributed by atoms with Crippen LogP contribution in [0.25, 0.3) is 10.8 Å². The Morgan fingerprint density at radius 2 is 2.26 bits per heavy atom. The number of rotatable bonds is 5. The number of aromatic nitrogens is 1. The predicted octanol–water partition coefficient (Wildman–Crippen LogP) is 1.92. The molecule has 3 N–H and O–H groups in total. The van der Waals surface area contributed by atoms with Crippen LogP contribution in [0.2, 0.25) is 0 Å². The van der Waals surface area contributed by atoms with Crippen LogP contribution in [-0.2, 0) is 4.79 Å². The normalized spacial score (nSPS) is 12.1. The maximum atomic E-state index is 10.9. The number of benzene rings is 1. The average Bonchev–Trinajstić information content (AvgIpc) is 2.37. The number of ether oxygens (including phenoxy) is 1. The zero-order chi connectivity index (χ0) is 13.8. The first-order chi connectivity index (χ1) is 9.10. The summed E-state index contributed by atoms with van der Waals surface area (Å²) in [5, 5.41) is 5.22. The molecule has 1 heterocycles. The van der Waals surface area contributed by atoms with Crippen LogP contribution < -0.4 is 15.8 Å². The largest absolute Gasteiger partial charge is 0.497 e. The van der Waals surface area contributed by atoms with E-state index >= 15 is 0 Å². The first-order valence-corrected chi connectivity index (χ1v) is 6.07. The van der Waals surface area contributed by atoms with Crippen LogP contribution in [0.4, 0.5) is 5.82 Å². The molecule has 0 saturated carbocycles. The highest BCUT2D eigenvalue weighted by atomic mass is 16.5. The van der Waals surface area contributed by atoms with Crippen LogP contribution in [0.5, 0.6) is 5.75 Å².